The smallest absolute Gasteiger partial charge is 0.0453 e. The summed E-state index contributed by atoms with van der Waals surface area (Å²) >= 11 is 0. The minimum atomic E-state index is 0.577. The zero-order valence-corrected chi connectivity index (χ0v) is 79.8. The molecule has 0 saturated carbocycles. The Morgan fingerprint density at radius 3 is 1.10 bits per heavy atom. The van der Waals surface area contributed by atoms with Crippen LogP contribution in [0.4, 0.5) is 45.5 Å². The SMILES string of the molecule is C=C1Cc2c(cccc2C(C)C)N1.C=C1Cc2cc(C(C)C)ccc2N1.C=C1Cc2ccc(C(C)C)cc2N1.C=C1Cc2cccc(C(C)C)c2N1.CC.CC.CC.CC.CC.CC.CC.CC.CC(C)c1ccc2c(c1)CCN2.CC(C)c1ccc2c(c1)NCC2.CC(C)c1cccc2c1CCN2.CC(C)c1cccc2c1NCC2. The van der Waals surface area contributed by atoms with Crippen molar-refractivity contribution < 1.29 is 0 Å². The Morgan fingerprint density at radius 1 is 0.224 bits per heavy atom. The van der Waals surface area contributed by atoms with Crippen LogP contribution in [0.2, 0.25) is 0 Å². The zero-order valence-electron chi connectivity index (χ0n) is 79.8. The zero-order chi connectivity index (χ0) is 87.9. The van der Waals surface area contributed by atoms with E-state index in [1.165, 1.54) is 160 Å². The maximum Gasteiger partial charge on any atom is 0.0453 e. The summed E-state index contributed by atoms with van der Waals surface area (Å²) in [5.74, 6) is 4.95. The van der Waals surface area contributed by atoms with E-state index in [9.17, 15) is 0 Å². The van der Waals surface area contributed by atoms with Gasteiger partial charge in [0.1, 0.15) is 0 Å². The van der Waals surface area contributed by atoms with Gasteiger partial charge in [0.2, 0.25) is 0 Å². The van der Waals surface area contributed by atoms with Gasteiger partial charge in [-0.05, 0) is 198 Å². The van der Waals surface area contributed by atoms with Crippen LogP contribution >= 0.6 is 0 Å². The molecule has 640 valence electrons. The minimum absolute atomic E-state index is 0.577. The van der Waals surface area contributed by atoms with Crippen LogP contribution in [0.25, 0.3) is 0 Å². The molecular formula is C108H168N8. The Hall–Kier alpha value is -8.88. The number of benzene rings is 8. The van der Waals surface area contributed by atoms with Gasteiger partial charge in [-0.25, -0.2) is 0 Å². The summed E-state index contributed by atoms with van der Waals surface area (Å²) in [4.78, 5) is 0. The van der Waals surface area contributed by atoms with E-state index in [0.717, 1.165) is 74.7 Å². The quantitative estimate of drug-likeness (QED) is 0.0763. The first kappa shape index (κ1) is 105. The summed E-state index contributed by atoms with van der Waals surface area (Å²) in [5, 5.41) is 26.8. The van der Waals surface area contributed by atoms with Crippen LogP contribution in [0.5, 0.6) is 0 Å². The Bertz CT molecular complexity index is 3890. The van der Waals surface area contributed by atoms with Gasteiger partial charge in [-0.3, -0.25) is 0 Å². The van der Waals surface area contributed by atoms with E-state index in [2.05, 4.69) is 325 Å². The van der Waals surface area contributed by atoms with Crippen molar-refractivity contribution in [3.63, 3.8) is 0 Å². The van der Waals surface area contributed by atoms with Gasteiger partial charge in [0.25, 0.3) is 0 Å². The number of para-hydroxylation sites is 2. The average Bonchev–Trinajstić information content (AvgIpc) is 1.67. The van der Waals surface area contributed by atoms with Crippen LogP contribution in [0.15, 0.2) is 195 Å². The van der Waals surface area contributed by atoms with Crippen molar-refractivity contribution in [3.8, 4) is 0 Å². The normalized spacial score (nSPS) is 13.0. The van der Waals surface area contributed by atoms with Gasteiger partial charge in [0.05, 0.1) is 0 Å². The van der Waals surface area contributed by atoms with Gasteiger partial charge < -0.3 is 42.5 Å². The molecule has 8 aromatic rings. The summed E-state index contributed by atoms with van der Waals surface area (Å²) in [6, 6.07) is 53.0. The van der Waals surface area contributed by atoms with Crippen LogP contribution < -0.4 is 42.5 Å². The predicted octanol–water partition coefficient (Wildman–Crippen LogP) is 32.5. The fraction of sp³-hybridized carbons (Fsp3) is 0.481. The molecule has 8 aliphatic rings. The van der Waals surface area contributed by atoms with E-state index in [1.54, 1.807) is 0 Å². The molecule has 8 heterocycles. The van der Waals surface area contributed by atoms with Gasteiger partial charge in [-0.2, -0.15) is 0 Å². The van der Waals surface area contributed by atoms with Crippen molar-refractivity contribution in [2.75, 3.05) is 68.7 Å². The predicted molar refractivity (Wildman–Crippen MR) is 530 cm³/mol. The molecule has 8 aromatic carbocycles. The molecule has 8 nitrogen and oxygen atoms in total. The van der Waals surface area contributed by atoms with E-state index in [0.29, 0.717) is 47.3 Å². The molecule has 8 aliphatic heterocycles. The Kier molecular flexibility index (Phi) is 51.9. The average molecular weight is 1580 g/mol. The highest BCUT2D eigenvalue weighted by Crippen LogP contribution is 2.38. The van der Waals surface area contributed by atoms with Gasteiger partial charge in [0, 0.05) is 120 Å². The Morgan fingerprint density at radius 2 is 0.569 bits per heavy atom. The fourth-order valence-corrected chi connectivity index (χ4v) is 14.3. The van der Waals surface area contributed by atoms with Crippen LogP contribution in [-0.2, 0) is 51.4 Å². The number of anilines is 8. The number of allylic oxidation sites excluding steroid dienone is 4. The van der Waals surface area contributed by atoms with Crippen LogP contribution in [-0.4, -0.2) is 26.2 Å². The summed E-state index contributed by atoms with van der Waals surface area (Å²) in [6.45, 7) is 87.9. The number of hydrogen-bond acceptors (Lipinski definition) is 8. The van der Waals surface area contributed by atoms with E-state index >= 15 is 0 Å². The number of hydrogen-bond donors (Lipinski definition) is 8. The molecule has 0 radical (unpaired) electrons. The fourth-order valence-electron chi connectivity index (χ4n) is 14.3. The molecule has 8 heteroatoms. The summed E-state index contributed by atoms with van der Waals surface area (Å²) in [6.07, 6.45) is 8.70. The molecule has 0 fully saturated rings. The standard InChI is InChI=1S/4C12H15N.4C11H15N.8C2H6/c1-8(2)10-4-5-12-11(7-10)6-9(3)13-12;1-8(2)10-4-5-11-6-9(3)13-12(11)7-10;1-8(2)10-5-4-6-12-11(10)7-9(3)13-12;1-8(2)11-6-4-5-10-7-9(3)13-12(10)11;1-8(2)9-3-4-11-10(7-9)5-6-12-11;1-8(2)10-4-3-9-5-6-12-11(9)7-10;1-8(2)9-4-3-5-11-10(9)6-7-12-11;1-8(2)10-5-3-4-9-6-7-12-11(9)10;8*1-2/h2*4-5,7-8,13H,3,6H2,1-2H3;2*4-6,8,13H,3,7H2,1-2H3;2*3-4,7-8,12H,5-6H2,1-2H3;2*3-5,8,12H,6-7H2,1-2H3;8*1-2H3. The topological polar surface area (TPSA) is 96.2 Å². The second-order valence-electron chi connectivity index (χ2n) is 30.7. The molecule has 0 aliphatic carbocycles. The molecule has 0 atom stereocenters. The summed E-state index contributed by atoms with van der Waals surface area (Å²) < 4.78 is 0. The molecule has 0 amide bonds. The van der Waals surface area contributed by atoms with Crippen molar-refractivity contribution in [2.45, 2.75) is 320 Å². The Balaban J connectivity index is 0.000000646. The first-order chi connectivity index (χ1) is 55.8. The van der Waals surface area contributed by atoms with Crippen molar-refractivity contribution in [3.05, 3.63) is 284 Å². The van der Waals surface area contributed by atoms with Crippen molar-refractivity contribution in [1.29, 1.82) is 0 Å². The second kappa shape index (κ2) is 57.2. The third-order valence-electron chi connectivity index (χ3n) is 20.1. The Labute approximate surface area is 713 Å². The molecule has 116 heavy (non-hydrogen) atoms. The van der Waals surface area contributed by atoms with E-state index in [4.69, 9.17) is 0 Å². The number of rotatable bonds is 8. The monoisotopic (exact) mass is 1580 g/mol. The second-order valence-corrected chi connectivity index (χ2v) is 30.7. The lowest BCUT2D eigenvalue weighted by Gasteiger charge is -2.11. The van der Waals surface area contributed by atoms with Crippen molar-refractivity contribution in [2.24, 2.45) is 0 Å². The summed E-state index contributed by atoms with van der Waals surface area (Å²) in [5.41, 5.74) is 38.0. The molecule has 8 N–H and O–H groups in total. The van der Waals surface area contributed by atoms with Gasteiger partial charge >= 0.3 is 0 Å². The minimum Gasteiger partial charge on any atom is -0.384 e. The molecule has 0 saturated heterocycles. The largest absolute Gasteiger partial charge is 0.384 e. The molecule has 0 bridgehead atoms. The number of fused-ring (bicyclic) bond motifs is 8. The van der Waals surface area contributed by atoms with Crippen LogP contribution in [0.1, 0.15) is 358 Å². The van der Waals surface area contributed by atoms with Gasteiger partial charge in [-0.15, -0.1) is 0 Å². The highest BCUT2D eigenvalue weighted by molar-refractivity contribution is 5.69. The van der Waals surface area contributed by atoms with Crippen molar-refractivity contribution >= 4 is 45.5 Å². The summed E-state index contributed by atoms with van der Waals surface area (Å²) in [7, 11) is 0. The highest BCUT2D eigenvalue weighted by Gasteiger charge is 2.22. The first-order valence-corrected chi connectivity index (χ1v) is 45.5. The van der Waals surface area contributed by atoms with Gasteiger partial charge in [0.15, 0.2) is 0 Å². The molecular weight excluding hydrogens is 1410 g/mol. The molecule has 0 unspecified atom stereocenters. The van der Waals surface area contributed by atoms with E-state index in [-0.39, 0.29) is 0 Å². The molecule has 0 aromatic heterocycles. The first-order valence-electron chi connectivity index (χ1n) is 45.5. The molecule has 16 rings (SSSR count). The third kappa shape index (κ3) is 32.5. The molecule has 0 spiro atoms. The lowest BCUT2D eigenvalue weighted by Crippen LogP contribution is -1.96. The lowest BCUT2D eigenvalue weighted by atomic mass is 9.95. The highest BCUT2D eigenvalue weighted by atomic mass is 14.9. The maximum absolute atomic E-state index is 3.96. The number of nitrogens with one attached hydrogen (secondary N) is 8. The van der Waals surface area contributed by atoms with E-state index in [1.807, 2.05) is 111 Å². The van der Waals surface area contributed by atoms with E-state index < -0.39 is 0 Å². The maximum atomic E-state index is 3.96. The van der Waals surface area contributed by atoms with Crippen LogP contribution in [0.3, 0.4) is 0 Å². The third-order valence-corrected chi connectivity index (χ3v) is 20.1. The van der Waals surface area contributed by atoms with Crippen LogP contribution in [0, 0.1) is 0 Å². The lowest BCUT2D eigenvalue weighted by molar-refractivity contribution is 0.849. The van der Waals surface area contributed by atoms with Gasteiger partial charge in [-0.1, -0.05) is 357 Å². The van der Waals surface area contributed by atoms with Crippen molar-refractivity contribution in [1.82, 2.24) is 0 Å².